The summed E-state index contributed by atoms with van der Waals surface area (Å²) in [6.45, 7) is 1.81. The maximum absolute atomic E-state index is 11.8. The van der Waals surface area contributed by atoms with Crippen LogP contribution in [-0.4, -0.2) is 28.3 Å². The van der Waals surface area contributed by atoms with Crippen molar-refractivity contribution in [2.24, 2.45) is 12.8 Å². The maximum Gasteiger partial charge on any atom is 0.322 e. The molecule has 94 valence electrons. The van der Waals surface area contributed by atoms with Gasteiger partial charge in [0.15, 0.2) is 5.54 Å². The Morgan fingerprint density at radius 1 is 1.53 bits per heavy atom. The number of hydrogen-bond donors (Lipinski definition) is 3. The molecule has 3 amide bonds. The van der Waals surface area contributed by atoms with Gasteiger partial charge in [-0.1, -0.05) is 0 Å². The van der Waals surface area contributed by atoms with E-state index < -0.39 is 17.5 Å². The molecule has 0 aromatic carbocycles. The fourth-order valence-corrected chi connectivity index (χ4v) is 1.85. The van der Waals surface area contributed by atoms with Crippen molar-refractivity contribution in [2.45, 2.75) is 12.5 Å². The zero-order valence-corrected chi connectivity index (χ0v) is 10.3. The first-order valence-corrected chi connectivity index (χ1v) is 4.84. The number of nitrogens with zero attached hydrogens (tertiary/aromatic N) is 2. The van der Waals surface area contributed by atoms with Gasteiger partial charge in [0.05, 0.1) is 6.20 Å². The number of carbonyl (C=O) groups is 2. The number of nitrogens with one attached hydrogen (secondary N) is 2. The van der Waals surface area contributed by atoms with Crippen molar-refractivity contribution in [1.29, 1.82) is 0 Å². The largest absolute Gasteiger partial charge is 0.327 e. The molecule has 8 heteroatoms. The molecule has 0 bridgehead atoms. The number of urea groups is 1. The Labute approximate surface area is 104 Å². The Morgan fingerprint density at radius 3 is 2.53 bits per heavy atom. The Bertz CT molecular complexity index is 472. The molecule has 4 N–H and O–H groups in total. The van der Waals surface area contributed by atoms with E-state index in [1.807, 2.05) is 6.92 Å². The number of nitrogens with two attached hydrogens (primary N) is 1. The van der Waals surface area contributed by atoms with Crippen LogP contribution in [0.25, 0.3) is 0 Å². The van der Waals surface area contributed by atoms with Crippen molar-refractivity contribution in [3.8, 4) is 0 Å². The average Bonchev–Trinajstić information content (AvgIpc) is 2.70. The molecule has 0 spiro atoms. The fraction of sp³-hybridized carbons (Fsp3) is 0.444. The molecule has 1 aliphatic heterocycles. The van der Waals surface area contributed by atoms with Crippen LogP contribution in [0.2, 0.25) is 0 Å². The van der Waals surface area contributed by atoms with Crippen LogP contribution >= 0.6 is 12.4 Å². The van der Waals surface area contributed by atoms with E-state index in [0.29, 0.717) is 5.56 Å². The van der Waals surface area contributed by atoms with Gasteiger partial charge in [0.2, 0.25) is 0 Å². The van der Waals surface area contributed by atoms with Gasteiger partial charge < -0.3 is 11.1 Å². The van der Waals surface area contributed by atoms with Crippen LogP contribution in [0.3, 0.4) is 0 Å². The van der Waals surface area contributed by atoms with E-state index in [2.05, 4.69) is 15.7 Å². The summed E-state index contributed by atoms with van der Waals surface area (Å²) in [7, 11) is 1.76. The number of hydrogen-bond acceptors (Lipinski definition) is 4. The predicted octanol–water partition coefficient (Wildman–Crippen LogP) is -0.856. The lowest BCUT2D eigenvalue weighted by molar-refractivity contribution is -0.124. The van der Waals surface area contributed by atoms with Crippen molar-refractivity contribution >= 4 is 24.3 Å². The Kier molecular flexibility index (Phi) is 3.44. The van der Waals surface area contributed by atoms with Gasteiger partial charge in [-0.25, -0.2) is 4.79 Å². The maximum atomic E-state index is 11.8. The molecule has 17 heavy (non-hydrogen) atoms. The normalized spacial score (nSPS) is 23.0. The lowest BCUT2D eigenvalue weighted by Gasteiger charge is -2.23. The van der Waals surface area contributed by atoms with Gasteiger partial charge in [0.1, 0.15) is 0 Å². The fourth-order valence-electron chi connectivity index (χ4n) is 1.85. The zero-order valence-electron chi connectivity index (χ0n) is 9.48. The van der Waals surface area contributed by atoms with E-state index in [-0.39, 0.29) is 19.0 Å². The first-order valence-electron chi connectivity index (χ1n) is 4.84. The van der Waals surface area contributed by atoms with E-state index in [4.69, 9.17) is 5.73 Å². The molecule has 0 unspecified atom stereocenters. The second-order valence-corrected chi connectivity index (χ2v) is 3.78. The number of carbonyl (C=O) groups excluding carboxylic acids is 2. The van der Waals surface area contributed by atoms with Gasteiger partial charge in [-0.3, -0.25) is 14.8 Å². The summed E-state index contributed by atoms with van der Waals surface area (Å²) in [5.41, 5.74) is 5.85. The van der Waals surface area contributed by atoms with Gasteiger partial charge in [-0.05, 0) is 6.92 Å². The number of imide groups is 1. The monoisotopic (exact) mass is 259 g/mol. The summed E-state index contributed by atoms with van der Waals surface area (Å²) in [6, 6.07) is -0.529. The van der Waals surface area contributed by atoms with E-state index in [9.17, 15) is 9.59 Å². The Balaban J connectivity index is 0.00000144. The van der Waals surface area contributed by atoms with Crippen LogP contribution in [0.4, 0.5) is 4.79 Å². The van der Waals surface area contributed by atoms with Crippen LogP contribution in [0.1, 0.15) is 11.3 Å². The molecule has 1 atom stereocenters. The second-order valence-electron chi connectivity index (χ2n) is 3.78. The van der Waals surface area contributed by atoms with Gasteiger partial charge >= 0.3 is 6.03 Å². The Morgan fingerprint density at radius 2 is 2.18 bits per heavy atom. The third-order valence-corrected chi connectivity index (χ3v) is 2.94. The number of amides is 3. The molecule has 1 saturated heterocycles. The predicted molar refractivity (Wildman–Crippen MR) is 62.6 cm³/mol. The van der Waals surface area contributed by atoms with Gasteiger partial charge in [0, 0.05) is 24.8 Å². The number of rotatable bonds is 2. The van der Waals surface area contributed by atoms with Crippen LogP contribution in [0.15, 0.2) is 6.20 Å². The summed E-state index contributed by atoms with van der Waals surface area (Å²) in [4.78, 5) is 23.0. The highest BCUT2D eigenvalue weighted by Crippen LogP contribution is 2.26. The summed E-state index contributed by atoms with van der Waals surface area (Å²) >= 11 is 0. The first-order chi connectivity index (χ1) is 7.51. The highest BCUT2D eigenvalue weighted by Gasteiger charge is 2.48. The summed E-state index contributed by atoms with van der Waals surface area (Å²) in [5, 5.41) is 8.79. The minimum Gasteiger partial charge on any atom is -0.327 e. The highest BCUT2D eigenvalue weighted by atomic mass is 35.5. The van der Waals surface area contributed by atoms with Gasteiger partial charge in [-0.2, -0.15) is 5.10 Å². The Hall–Kier alpha value is -1.60. The standard InChI is InChI=1S/C9H13N5O2.ClH/c1-5-6(3-11-14(5)2)9(4-10)7(15)12-8(16)13-9;/h3H,4,10H2,1-2H3,(H2,12,13,15,16);1H/t9-;/m0./s1. The zero-order chi connectivity index (χ0) is 11.9. The molecule has 0 radical (unpaired) electrons. The molecule has 1 aromatic rings. The lowest BCUT2D eigenvalue weighted by atomic mass is 9.90. The molecule has 1 fully saturated rings. The molecule has 2 rings (SSSR count). The van der Waals surface area contributed by atoms with E-state index >= 15 is 0 Å². The van der Waals surface area contributed by atoms with E-state index in [1.54, 1.807) is 17.9 Å². The van der Waals surface area contributed by atoms with Crippen LogP contribution < -0.4 is 16.4 Å². The second kappa shape index (κ2) is 4.34. The third kappa shape index (κ3) is 1.77. The molecule has 7 nitrogen and oxygen atoms in total. The van der Waals surface area contributed by atoms with Crippen molar-refractivity contribution < 1.29 is 9.59 Å². The molecule has 0 aliphatic carbocycles. The van der Waals surface area contributed by atoms with E-state index in [1.165, 1.54) is 0 Å². The van der Waals surface area contributed by atoms with Crippen molar-refractivity contribution in [1.82, 2.24) is 20.4 Å². The van der Waals surface area contributed by atoms with Crippen LogP contribution in [0.5, 0.6) is 0 Å². The highest BCUT2D eigenvalue weighted by molar-refractivity contribution is 6.07. The lowest BCUT2D eigenvalue weighted by Crippen LogP contribution is -2.50. The van der Waals surface area contributed by atoms with Crippen molar-refractivity contribution in [3.63, 3.8) is 0 Å². The first kappa shape index (κ1) is 13.5. The van der Waals surface area contributed by atoms with Gasteiger partial charge in [0.25, 0.3) is 5.91 Å². The molecular formula is C9H14ClN5O2. The van der Waals surface area contributed by atoms with Gasteiger partial charge in [-0.15, -0.1) is 12.4 Å². The number of aryl methyl sites for hydroxylation is 1. The third-order valence-electron chi connectivity index (χ3n) is 2.94. The van der Waals surface area contributed by atoms with Crippen LogP contribution in [-0.2, 0) is 17.4 Å². The number of aromatic nitrogens is 2. The van der Waals surface area contributed by atoms with Crippen molar-refractivity contribution in [3.05, 3.63) is 17.5 Å². The quantitative estimate of drug-likeness (QED) is 0.602. The molecule has 1 aliphatic rings. The summed E-state index contributed by atoms with van der Waals surface area (Å²) in [5.74, 6) is -0.434. The van der Waals surface area contributed by atoms with E-state index in [0.717, 1.165) is 5.69 Å². The molecule has 0 saturated carbocycles. The minimum atomic E-state index is -1.19. The summed E-state index contributed by atoms with van der Waals surface area (Å²) < 4.78 is 1.63. The molecule has 2 heterocycles. The summed E-state index contributed by atoms with van der Waals surface area (Å²) in [6.07, 6.45) is 1.55. The minimum absolute atomic E-state index is 0. The number of halogens is 1. The van der Waals surface area contributed by atoms with Crippen LogP contribution in [0, 0.1) is 6.92 Å². The molecular weight excluding hydrogens is 246 g/mol. The average molecular weight is 260 g/mol. The SMILES string of the molecule is Cc1c([C@]2(CN)NC(=O)NC2=O)cnn1C.Cl. The topological polar surface area (TPSA) is 102 Å². The smallest absolute Gasteiger partial charge is 0.322 e. The molecule has 1 aromatic heterocycles. The van der Waals surface area contributed by atoms with Crippen molar-refractivity contribution in [2.75, 3.05) is 6.54 Å².